The fourth-order valence-corrected chi connectivity index (χ4v) is 0.816. The maximum Gasteiger partial charge on any atom is 4.00 e. The molecule has 0 fully saturated rings. The Labute approximate surface area is 166 Å². The molecule has 0 aromatic rings. The van der Waals surface area contributed by atoms with Crippen LogP contribution >= 0.6 is 33.0 Å². The van der Waals surface area contributed by atoms with Gasteiger partial charge in [-0.15, -0.1) is 0 Å². The molecule has 0 radical (unpaired) electrons. The van der Waals surface area contributed by atoms with E-state index in [9.17, 15) is 37.8 Å². The minimum absolute atomic E-state index is 0. The first kappa shape index (κ1) is 35.8. The number of hydrogen-bond acceptors (Lipinski definition) is 12. The summed E-state index contributed by atoms with van der Waals surface area (Å²) in [6, 6.07) is 0. The normalized spacial score (nSPS) is 12.3. The smallest absolute Gasteiger partial charge is 0.771 e. The molecule has 0 aromatic carbocycles. The van der Waals surface area contributed by atoms with E-state index in [4.69, 9.17) is 0 Å². The van der Waals surface area contributed by atoms with Crippen molar-refractivity contribution in [3.8, 4) is 0 Å². The van der Waals surface area contributed by atoms with Crippen LogP contribution < -0.4 is 19.6 Å². The van der Waals surface area contributed by atoms with Gasteiger partial charge in [0.1, 0.15) is 0 Å². The molecule has 0 rings (SSSR count). The molecule has 4 unspecified atom stereocenters. The minimum Gasteiger partial charge on any atom is -0.771 e. The first-order valence-electron chi connectivity index (χ1n) is 5.03. The maximum absolute atomic E-state index is 9.38. The molecule has 17 heteroatoms. The van der Waals surface area contributed by atoms with Crippen molar-refractivity contribution in [1.82, 2.24) is 0 Å². The summed E-state index contributed by atoms with van der Waals surface area (Å²) >= 11 is 0. The molecule has 0 heterocycles. The van der Waals surface area contributed by atoms with E-state index in [1.54, 1.807) is 0 Å². The van der Waals surface area contributed by atoms with Crippen molar-refractivity contribution < 1.29 is 82.1 Å². The Hall–Kier alpha value is -0.197. The van der Waals surface area contributed by atoms with Gasteiger partial charge in [-0.1, -0.05) is 26.3 Å². The molecule has 0 amide bonds. The van der Waals surface area contributed by atoms with Gasteiger partial charge in [0, 0.05) is 0 Å². The average Bonchev–Trinajstić information content (AvgIpc) is 2.39. The van der Waals surface area contributed by atoms with E-state index in [1.165, 1.54) is 0 Å². The Morgan fingerprint density at radius 1 is 0.520 bits per heavy atom. The van der Waals surface area contributed by atoms with Crippen LogP contribution in [0.25, 0.3) is 0 Å². The Balaban J connectivity index is -0.0000000702. The van der Waals surface area contributed by atoms with Crippen molar-refractivity contribution in [1.29, 1.82) is 0 Å². The Kier molecular flexibility index (Phi) is 45.2. The zero-order valence-electron chi connectivity index (χ0n) is 12.5. The molecular weight excluding hydrogens is 503 g/mol. The summed E-state index contributed by atoms with van der Waals surface area (Å²) in [5, 5.41) is 0. The summed E-state index contributed by atoms with van der Waals surface area (Å²) < 4.78 is 52.7. The fraction of sp³-hybridized carbons (Fsp3) is 0. The van der Waals surface area contributed by atoms with Crippen LogP contribution in [0.2, 0.25) is 0 Å². The van der Waals surface area contributed by atoms with Crippen molar-refractivity contribution in [2.75, 3.05) is 0 Å². The van der Waals surface area contributed by atoms with Crippen LogP contribution in [0.3, 0.4) is 0 Å². The van der Waals surface area contributed by atoms with Gasteiger partial charge in [-0.05, 0) is 0 Å². The summed E-state index contributed by atoms with van der Waals surface area (Å²) in [6.45, 7) is 12.0. The van der Waals surface area contributed by atoms with Gasteiger partial charge in [-0.25, -0.2) is 0 Å². The third kappa shape index (κ3) is 81.2. The Morgan fingerprint density at radius 3 is 0.640 bits per heavy atom. The van der Waals surface area contributed by atoms with Crippen LogP contribution in [0, 0.1) is 0 Å². The van der Waals surface area contributed by atoms with Crippen molar-refractivity contribution in [3.63, 3.8) is 0 Å². The van der Waals surface area contributed by atoms with Gasteiger partial charge in [-0.2, -0.15) is 0 Å². The second-order valence-corrected chi connectivity index (χ2v) is 5.08. The van der Waals surface area contributed by atoms with Crippen LogP contribution in [0.5, 0.6) is 0 Å². The molecule has 12 nitrogen and oxygen atoms in total. The van der Waals surface area contributed by atoms with Gasteiger partial charge in [0.15, 0.2) is 33.0 Å². The summed E-state index contributed by atoms with van der Waals surface area (Å²) in [5.74, 6) is 0. The second-order valence-electron chi connectivity index (χ2n) is 2.14. The molecule has 0 N–H and O–H groups in total. The molecule has 0 saturated carbocycles. The van der Waals surface area contributed by atoms with Gasteiger partial charge in [0.25, 0.3) is 0 Å². The first-order valence-corrected chi connectivity index (χ1v) is 9.92. The second kappa shape index (κ2) is 31.6. The molecule has 0 aliphatic heterocycles. The van der Waals surface area contributed by atoms with E-state index in [-0.39, 0.29) is 26.2 Å². The van der Waals surface area contributed by atoms with E-state index >= 15 is 0 Å². The van der Waals surface area contributed by atoms with Gasteiger partial charge < -0.3 is 37.7 Å². The zero-order chi connectivity index (χ0) is 20.0. The maximum atomic E-state index is 9.38. The quantitative estimate of drug-likeness (QED) is 0.297. The summed E-state index contributed by atoms with van der Waals surface area (Å²) in [6.07, 6.45) is 3.48. The third-order valence-electron chi connectivity index (χ3n) is 0.718. The number of rotatable bonds is 8. The van der Waals surface area contributed by atoms with Gasteiger partial charge in [0.05, 0.1) is 25.0 Å². The zero-order valence-corrected chi connectivity index (χ0v) is 19.0. The molecule has 0 spiro atoms. The Bertz CT molecular complexity index is 363. The summed E-state index contributed by atoms with van der Waals surface area (Å²) in [7, 11) is -12.0. The SMILES string of the molecule is C=CO[PH](=O)[O-].C=CO[PH](=O)[O-].C=CO[PH](=O)[O-].C=CO[PH](=O)[O-].[Zr+4]. The van der Waals surface area contributed by atoms with Crippen molar-refractivity contribution in [2.24, 2.45) is 0 Å². The summed E-state index contributed by atoms with van der Waals surface area (Å²) in [4.78, 5) is 37.5. The van der Waals surface area contributed by atoms with Crippen molar-refractivity contribution >= 4 is 33.0 Å². The predicted molar refractivity (Wildman–Crippen MR) is 81.1 cm³/mol. The summed E-state index contributed by atoms with van der Waals surface area (Å²) in [5.41, 5.74) is 0. The van der Waals surface area contributed by atoms with E-state index in [2.05, 4.69) is 44.4 Å². The standard InChI is InChI=1S/4C2H5O3P.Zr/c4*1-2-5-6(3)4;/h4*2,6H,1H2,(H,3,4);/q;;;;+4/p-4. The van der Waals surface area contributed by atoms with Crippen LogP contribution in [0.1, 0.15) is 0 Å². The van der Waals surface area contributed by atoms with Crippen LogP contribution in [-0.4, -0.2) is 0 Å². The van der Waals surface area contributed by atoms with E-state index in [0.29, 0.717) is 0 Å². The van der Waals surface area contributed by atoms with Crippen molar-refractivity contribution in [3.05, 3.63) is 51.4 Å². The average molecular weight is 519 g/mol. The largest absolute Gasteiger partial charge is 4.00 e. The van der Waals surface area contributed by atoms with E-state index in [1.807, 2.05) is 0 Å². The molecule has 0 bridgehead atoms. The van der Waals surface area contributed by atoms with E-state index < -0.39 is 33.0 Å². The van der Waals surface area contributed by atoms with Crippen LogP contribution in [0.4, 0.5) is 0 Å². The topological polar surface area (TPSA) is 197 Å². The number of hydrogen-bond donors (Lipinski definition) is 0. The molecule has 25 heavy (non-hydrogen) atoms. The van der Waals surface area contributed by atoms with Gasteiger partial charge in [0.2, 0.25) is 0 Å². The Morgan fingerprint density at radius 2 is 0.640 bits per heavy atom. The molecule has 0 saturated heterocycles. The van der Waals surface area contributed by atoms with Gasteiger partial charge in [-0.3, -0.25) is 18.3 Å². The third-order valence-corrected chi connectivity index (χ3v) is 2.15. The fourth-order valence-electron chi connectivity index (χ4n) is 0.272. The molecule has 0 aliphatic carbocycles. The molecular formula is C8H16O12P4Zr. The predicted octanol–water partition coefficient (Wildman–Crippen LogP) is -0.417. The van der Waals surface area contributed by atoms with Crippen molar-refractivity contribution in [2.45, 2.75) is 0 Å². The van der Waals surface area contributed by atoms with Gasteiger partial charge >= 0.3 is 26.2 Å². The molecule has 0 aromatic heterocycles. The van der Waals surface area contributed by atoms with E-state index in [0.717, 1.165) is 25.0 Å². The molecule has 0 aliphatic rings. The van der Waals surface area contributed by atoms with Crippen LogP contribution in [-0.2, 0) is 62.6 Å². The first-order chi connectivity index (χ1) is 11.1. The monoisotopic (exact) mass is 518 g/mol. The molecule has 144 valence electrons. The molecule has 4 atom stereocenters. The van der Waals surface area contributed by atoms with Crippen LogP contribution in [0.15, 0.2) is 51.4 Å². The minimum atomic E-state index is -3.00.